The Balaban J connectivity index is 1.43. The summed E-state index contributed by atoms with van der Waals surface area (Å²) in [7, 11) is 0. The molecule has 174 valence electrons. The largest absolute Gasteiger partial charge is 0.454 e. The second kappa shape index (κ2) is 8.65. The quantitative estimate of drug-likeness (QED) is 0.316. The van der Waals surface area contributed by atoms with Gasteiger partial charge in [0.1, 0.15) is 5.82 Å². The molecule has 0 saturated heterocycles. The van der Waals surface area contributed by atoms with Crippen molar-refractivity contribution < 1.29 is 9.47 Å². The molecule has 2 aromatic heterocycles. The van der Waals surface area contributed by atoms with Crippen LogP contribution in [-0.4, -0.2) is 26.5 Å². The van der Waals surface area contributed by atoms with Crippen molar-refractivity contribution >= 4 is 46.0 Å². The number of ether oxygens (including phenoxy) is 2. The minimum Gasteiger partial charge on any atom is -0.454 e. The summed E-state index contributed by atoms with van der Waals surface area (Å²) in [6, 6.07) is 20.8. The molecule has 0 bridgehead atoms. The van der Waals surface area contributed by atoms with Crippen molar-refractivity contribution in [1.29, 1.82) is 0 Å². The third kappa shape index (κ3) is 3.96. The van der Waals surface area contributed by atoms with Crippen LogP contribution in [0.15, 0.2) is 66.7 Å². The first kappa shape index (κ1) is 21.5. The maximum atomic E-state index is 6.56. The summed E-state index contributed by atoms with van der Waals surface area (Å²) in [5, 5.41) is 9.46. The van der Waals surface area contributed by atoms with Crippen LogP contribution in [0.1, 0.15) is 5.56 Å². The van der Waals surface area contributed by atoms with Crippen LogP contribution < -0.4 is 20.5 Å². The molecule has 0 unspecified atom stereocenters. The summed E-state index contributed by atoms with van der Waals surface area (Å²) >= 11 is 12.3. The van der Waals surface area contributed by atoms with Crippen LogP contribution in [0.5, 0.6) is 11.5 Å². The molecule has 0 fully saturated rings. The van der Waals surface area contributed by atoms with E-state index in [1.165, 1.54) is 0 Å². The van der Waals surface area contributed by atoms with Crippen molar-refractivity contribution in [3.05, 3.63) is 82.3 Å². The Kier molecular flexibility index (Phi) is 5.32. The Morgan fingerprint density at radius 1 is 0.914 bits per heavy atom. The van der Waals surface area contributed by atoms with Crippen molar-refractivity contribution in [3.63, 3.8) is 0 Å². The van der Waals surface area contributed by atoms with Gasteiger partial charge in [-0.05, 0) is 35.9 Å². The van der Waals surface area contributed by atoms with Gasteiger partial charge >= 0.3 is 0 Å². The average molecular weight is 505 g/mol. The zero-order chi connectivity index (χ0) is 23.9. The number of benzene rings is 3. The highest BCUT2D eigenvalue weighted by molar-refractivity contribution is 6.42. The first-order valence-electron chi connectivity index (χ1n) is 10.8. The lowest BCUT2D eigenvalue weighted by atomic mass is 10.1. The zero-order valence-electron chi connectivity index (χ0n) is 18.2. The predicted molar refractivity (Wildman–Crippen MR) is 136 cm³/mol. The number of halogens is 2. The lowest BCUT2D eigenvalue weighted by Crippen LogP contribution is -2.05. The third-order valence-electron chi connectivity index (χ3n) is 5.65. The van der Waals surface area contributed by atoms with Crippen LogP contribution in [0.3, 0.4) is 0 Å². The fourth-order valence-electron chi connectivity index (χ4n) is 3.94. The van der Waals surface area contributed by atoms with Crippen LogP contribution >= 0.6 is 23.2 Å². The molecule has 0 amide bonds. The van der Waals surface area contributed by atoms with E-state index in [4.69, 9.17) is 43.4 Å². The molecule has 3 heterocycles. The Morgan fingerprint density at radius 3 is 2.57 bits per heavy atom. The van der Waals surface area contributed by atoms with Gasteiger partial charge in [0.15, 0.2) is 17.1 Å². The van der Waals surface area contributed by atoms with E-state index in [0.29, 0.717) is 50.8 Å². The van der Waals surface area contributed by atoms with E-state index in [1.54, 1.807) is 22.9 Å². The number of fused-ring (bicyclic) bond motifs is 2. The van der Waals surface area contributed by atoms with Crippen molar-refractivity contribution in [2.45, 2.75) is 6.54 Å². The Hall–Kier alpha value is -4.01. The van der Waals surface area contributed by atoms with E-state index in [0.717, 1.165) is 22.6 Å². The summed E-state index contributed by atoms with van der Waals surface area (Å²) in [6.07, 6.45) is 0. The summed E-state index contributed by atoms with van der Waals surface area (Å²) in [6.45, 7) is 0.717. The highest BCUT2D eigenvalue weighted by Crippen LogP contribution is 2.35. The minimum atomic E-state index is 0.231. The topological polar surface area (TPSA) is 100 Å². The number of nitrogens with two attached hydrogens (primary N) is 1. The molecular formula is C25H18Cl2N6O2. The molecule has 0 atom stereocenters. The molecule has 5 aromatic rings. The Bertz CT molecular complexity index is 1570. The van der Waals surface area contributed by atoms with E-state index in [2.05, 4.69) is 15.4 Å². The van der Waals surface area contributed by atoms with Gasteiger partial charge in [-0.15, -0.1) is 5.10 Å². The van der Waals surface area contributed by atoms with Gasteiger partial charge in [-0.2, -0.15) is 4.98 Å². The molecule has 10 heteroatoms. The second-order valence-corrected chi connectivity index (χ2v) is 8.71. The van der Waals surface area contributed by atoms with E-state index in [-0.39, 0.29) is 6.79 Å². The van der Waals surface area contributed by atoms with Crippen LogP contribution in [0.4, 0.5) is 11.8 Å². The lowest BCUT2D eigenvalue weighted by Gasteiger charge is -2.09. The van der Waals surface area contributed by atoms with Gasteiger partial charge in [0.25, 0.3) is 0 Å². The van der Waals surface area contributed by atoms with Crippen LogP contribution in [0.25, 0.3) is 28.0 Å². The van der Waals surface area contributed by atoms with Crippen LogP contribution in [0, 0.1) is 0 Å². The van der Waals surface area contributed by atoms with Crippen molar-refractivity contribution in [1.82, 2.24) is 19.7 Å². The molecule has 3 N–H and O–H groups in total. The molecule has 3 aromatic carbocycles. The van der Waals surface area contributed by atoms with E-state index in [9.17, 15) is 0 Å². The highest BCUT2D eigenvalue weighted by Gasteiger charge is 2.20. The number of nitrogens with one attached hydrogen (secondary N) is 1. The summed E-state index contributed by atoms with van der Waals surface area (Å²) in [4.78, 5) is 9.45. The number of hydrogen-bond donors (Lipinski definition) is 2. The summed E-state index contributed by atoms with van der Waals surface area (Å²) in [5.74, 6) is 2.28. The van der Waals surface area contributed by atoms with Gasteiger partial charge in [0.2, 0.25) is 12.7 Å². The lowest BCUT2D eigenvalue weighted by molar-refractivity contribution is 0.174. The maximum Gasteiger partial charge on any atom is 0.231 e. The highest BCUT2D eigenvalue weighted by atomic mass is 35.5. The first-order valence-corrected chi connectivity index (χ1v) is 11.5. The minimum absolute atomic E-state index is 0.231. The monoisotopic (exact) mass is 504 g/mol. The Morgan fingerprint density at radius 2 is 1.74 bits per heavy atom. The van der Waals surface area contributed by atoms with Crippen molar-refractivity contribution in [2.24, 2.45) is 0 Å². The SMILES string of the molecule is Nc1c2c(-c3ccccc3)nc(NCc3ccc4c(c3)OCO4)nc2nn1-c1ccc(Cl)c(Cl)c1. The smallest absolute Gasteiger partial charge is 0.231 e. The zero-order valence-corrected chi connectivity index (χ0v) is 19.7. The molecule has 0 spiro atoms. The predicted octanol–water partition coefficient (Wildman–Crippen LogP) is 5.71. The molecule has 0 aliphatic carbocycles. The average Bonchev–Trinajstić information content (AvgIpc) is 3.48. The van der Waals surface area contributed by atoms with Crippen molar-refractivity contribution in [3.8, 4) is 28.4 Å². The van der Waals surface area contributed by atoms with Gasteiger partial charge in [0, 0.05) is 12.1 Å². The number of hydrogen-bond acceptors (Lipinski definition) is 7. The molecule has 1 aliphatic rings. The summed E-state index contributed by atoms with van der Waals surface area (Å²) < 4.78 is 12.5. The Labute approximate surface area is 210 Å². The van der Waals surface area contributed by atoms with Gasteiger partial charge in [-0.3, -0.25) is 0 Å². The number of nitrogen functional groups attached to an aromatic ring is 1. The van der Waals surface area contributed by atoms with Gasteiger partial charge in [0.05, 0.1) is 26.8 Å². The van der Waals surface area contributed by atoms with Gasteiger partial charge < -0.3 is 20.5 Å². The molecule has 6 rings (SSSR count). The standard InChI is InChI=1S/C25H18Cl2N6O2/c26-17-8-7-16(11-18(17)27)33-23(28)21-22(15-4-2-1-3-5-15)30-25(31-24(21)32-33)29-12-14-6-9-19-20(10-14)35-13-34-19/h1-11H,12-13,28H2,(H,29,31,32). The number of rotatable bonds is 5. The number of anilines is 2. The van der Waals surface area contributed by atoms with Gasteiger partial charge in [-0.1, -0.05) is 59.6 Å². The molecular weight excluding hydrogens is 487 g/mol. The fraction of sp³-hybridized carbons (Fsp3) is 0.0800. The second-order valence-electron chi connectivity index (χ2n) is 7.90. The van der Waals surface area contributed by atoms with Gasteiger partial charge in [-0.25, -0.2) is 9.67 Å². The number of nitrogens with zero attached hydrogens (tertiary/aromatic N) is 4. The van der Waals surface area contributed by atoms with Crippen LogP contribution in [0.2, 0.25) is 10.0 Å². The molecule has 1 aliphatic heterocycles. The molecule has 0 saturated carbocycles. The normalized spacial score (nSPS) is 12.3. The van der Waals surface area contributed by atoms with E-state index < -0.39 is 0 Å². The first-order chi connectivity index (χ1) is 17.1. The number of aromatic nitrogens is 4. The molecule has 35 heavy (non-hydrogen) atoms. The summed E-state index contributed by atoms with van der Waals surface area (Å²) in [5.41, 5.74) is 10.3. The maximum absolute atomic E-state index is 6.56. The molecule has 8 nitrogen and oxygen atoms in total. The van der Waals surface area contributed by atoms with Crippen LogP contribution in [-0.2, 0) is 6.54 Å². The molecule has 0 radical (unpaired) electrons. The van der Waals surface area contributed by atoms with E-state index >= 15 is 0 Å². The van der Waals surface area contributed by atoms with Crippen molar-refractivity contribution in [2.75, 3.05) is 17.8 Å². The fourth-order valence-corrected chi connectivity index (χ4v) is 4.23. The third-order valence-corrected chi connectivity index (χ3v) is 6.39. The van der Waals surface area contributed by atoms with E-state index in [1.807, 2.05) is 48.5 Å².